The number of rotatable bonds is 7. The number of nitrogens with zero attached hydrogens (tertiary/aromatic N) is 1. The minimum atomic E-state index is -0.394. The number of benzene rings is 3. The molecule has 0 bridgehead atoms. The summed E-state index contributed by atoms with van der Waals surface area (Å²) in [6.07, 6.45) is 2.60. The second kappa shape index (κ2) is 11.0. The Morgan fingerprint density at radius 1 is 1.14 bits per heavy atom. The number of thioether (sulfide) groups is 1. The number of halogens is 2. The summed E-state index contributed by atoms with van der Waals surface area (Å²) in [6.45, 7) is 1.86. The summed E-state index contributed by atoms with van der Waals surface area (Å²) >= 11 is 12.8. The third kappa shape index (κ3) is 6.08. The Hall–Kier alpha value is -3.20. The molecule has 0 spiro atoms. The van der Waals surface area contributed by atoms with Crippen molar-refractivity contribution in [1.29, 1.82) is 0 Å². The lowest BCUT2D eigenvalue weighted by Gasteiger charge is -2.14. The highest BCUT2D eigenvalue weighted by Crippen LogP contribution is 2.37. The van der Waals surface area contributed by atoms with Crippen molar-refractivity contribution >= 4 is 69.2 Å². The van der Waals surface area contributed by atoms with Gasteiger partial charge in [-0.1, -0.05) is 60.7 Å². The Labute approximate surface area is 216 Å². The van der Waals surface area contributed by atoms with Crippen molar-refractivity contribution in [2.24, 2.45) is 0 Å². The Balaban J connectivity index is 1.39. The topological polar surface area (TPSA) is 58.6 Å². The van der Waals surface area contributed by atoms with Crippen LogP contribution in [0.2, 0.25) is 5.02 Å². The average Bonchev–Trinajstić information content (AvgIpc) is 3.12. The third-order valence-corrected chi connectivity index (χ3v) is 6.73. The van der Waals surface area contributed by atoms with E-state index < -0.39 is 5.82 Å². The smallest absolute Gasteiger partial charge is 0.270 e. The van der Waals surface area contributed by atoms with Gasteiger partial charge >= 0.3 is 0 Å². The molecule has 9 heteroatoms. The molecule has 0 radical (unpaired) electrons. The number of carbonyl (C=O) groups is 2. The molecule has 0 saturated carbocycles. The van der Waals surface area contributed by atoms with Crippen molar-refractivity contribution in [3.05, 3.63) is 93.6 Å². The van der Waals surface area contributed by atoms with Crippen LogP contribution in [-0.4, -0.2) is 22.7 Å². The van der Waals surface area contributed by atoms with E-state index in [1.165, 1.54) is 34.7 Å². The molecule has 1 saturated heterocycles. The highest BCUT2D eigenvalue weighted by atomic mass is 35.5. The van der Waals surface area contributed by atoms with E-state index >= 15 is 0 Å². The first-order valence-corrected chi connectivity index (χ1v) is 12.3. The van der Waals surface area contributed by atoms with E-state index in [1.54, 1.807) is 24.3 Å². The molecule has 0 aliphatic carbocycles. The molecule has 0 atom stereocenters. The van der Waals surface area contributed by atoms with Gasteiger partial charge < -0.3 is 10.1 Å². The average molecular weight is 527 g/mol. The quantitative estimate of drug-likeness (QED) is 0.282. The summed E-state index contributed by atoms with van der Waals surface area (Å²) in [7, 11) is 0. The maximum atomic E-state index is 13.2. The van der Waals surface area contributed by atoms with E-state index in [-0.39, 0.29) is 18.4 Å². The van der Waals surface area contributed by atoms with Gasteiger partial charge in [0.25, 0.3) is 11.8 Å². The molecule has 4 rings (SSSR count). The van der Waals surface area contributed by atoms with Crippen molar-refractivity contribution < 1.29 is 18.7 Å². The van der Waals surface area contributed by atoms with Crippen LogP contribution in [0.1, 0.15) is 18.1 Å². The zero-order valence-corrected chi connectivity index (χ0v) is 21.0. The fourth-order valence-corrected chi connectivity index (χ4v) is 4.86. The third-order valence-electron chi connectivity index (χ3n) is 5.14. The predicted octanol–water partition coefficient (Wildman–Crippen LogP) is 6.46. The minimum Gasteiger partial charge on any atom is -0.482 e. The molecule has 35 heavy (non-hydrogen) atoms. The molecule has 0 aromatic heterocycles. The number of hydrogen-bond donors (Lipinski definition) is 1. The van der Waals surface area contributed by atoms with Crippen molar-refractivity contribution in [1.82, 2.24) is 0 Å². The summed E-state index contributed by atoms with van der Waals surface area (Å²) in [5, 5.41) is 3.08. The Morgan fingerprint density at radius 2 is 1.86 bits per heavy atom. The van der Waals surface area contributed by atoms with Crippen molar-refractivity contribution in [2.75, 3.05) is 16.8 Å². The van der Waals surface area contributed by atoms with Crippen LogP contribution in [0, 0.1) is 5.82 Å². The van der Waals surface area contributed by atoms with E-state index in [0.29, 0.717) is 36.9 Å². The SMILES string of the molecule is CCc1ccc(NC(=O)COc2ccc(/C=C3\SC(=S)N(c4ccc(F)cc4)C3=O)cc2Cl)cc1. The van der Waals surface area contributed by atoms with Crippen LogP contribution >= 0.6 is 35.6 Å². The number of ether oxygens (including phenoxy) is 1. The first-order chi connectivity index (χ1) is 16.8. The number of hydrogen-bond acceptors (Lipinski definition) is 5. The number of carbonyl (C=O) groups excluding carboxylic acids is 2. The van der Waals surface area contributed by atoms with Crippen LogP contribution in [0.5, 0.6) is 5.75 Å². The van der Waals surface area contributed by atoms with Crippen molar-refractivity contribution in [3.8, 4) is 5.75 Å². The van der Waals surface area contributed by atoms with Gasteiger partial charge in [0, 0.05) is 5.69 Å². The Morgan fingerprint density at radius 3 is 2.51 bits per heavy atom. The van der Waals surface area contributed by atoms with Gasteiger partial charge in [0.15, 0.2) is 10.9 Å². The normalized spacial score (nSPS) is 14.5. The van der Waals surface area contributed by atoms with Gasteiger partial charge in [0.2, 0.25) is 0 Å². The van der Waals surface area contributed by atoms with E-state index in [0.717, 1.165) is 18.2 Å². The van der Waals surface area contributed by atoms with Gasteiger partial charge in [-0.25, -0.2) is 4.39 Å². The van der Waals surface area contributed by atoms with Crippen LogP contribution in [0.15, 0.2) is 71.6 Å². The Kier molecular flexibility index (Phi) is 7.85. The molecule has 1 fully saturated rings. The monoisotopic (exact) mass is 526 g/mol. The fourth-order valence-electron chi connectivity index (χ4n) is 3.32. The molecule has 3 aromatic rings. The maximum absolute atomic E-state index is 13.2. The van der Waals surface area contributed by atoms with Crippen molar-refractivity contribution in [2.45, 2.75) is 13.3 Å². The minimum absolute atomic E-state index is 0.203. The zero-order valence-electron chi connectivity index (χ0n) is 18.6. The molecule has 5 nitrogen and oxygen atoms in total. The number of anilines is 2. The molecule has 0 unspecified atom stereocenters. The highest BCUT2D eigenvalue weighted by Gasteiger charge is 2.33. The van der Waals surface area contributed by atoms with Gasteiger partial charge in [0.1, 0.15) is 11.6 Å². The molecule has 2 amide bonds. The van der Waals surface area contributed by atoms with Crippen LogP contribution in [0.3, 0.4) is 0 Å². The molecule has 1 aliphatic heterocycles. The predicted molar refractivity (Wildman–Crippen MR) is 143 cm³/mol. The van der Waals surface area contributed by atoms with Gasteiger partial charge in [-0.2, -0.15) is 0 Å². The molecular weight excluding hydrogens is 507 g/mol. The van der Waals surface area contributed by atoms with E-state index in [9.17, 15) is 14.0 Å². The fraction of sp³-hybridized carbons (Fsp3) is 0.115. The number of thiocarbonyl (C=S) groups is 1. The first kappa shape index (κ1) is 24.9. The lowest BCUT2D eigenvalue weighted by atomic mass is 10.1. The lowest BCUT2D eigenvalue weighted by Crippen LogP contribution is -2.27. The summed E-state index contributed by atoms with van der Waals surface area (Å²) < 4.78 is 19.2. The van der Waals surface area contributed by atoms with Gasteiger partial charge in [-0.3, -0.25) is 14.5 Å². The molecule has 3 aromatic carbocycles. The van der Waals surface area contributed by atoms with Crippen molar-refractivity contribution in [3.63, 3.8) is 0 Å². The highest BCUT2D eigenvalue weighted by molar-refractivity contribution is 8.27. The Bertz CT molecular complexity index is 1310. The summed E-state index contributed by atoms with van der Waals surface area (Å²) in [5.41, 5.74) is 3.04. The van der Waals surface area contributed by atoms with E-state index in [2.05, 4.69) is 12.2 Å². The van der Waals surface area contributed by atoms with Gasteiger partial charge in [0.05, 0.1) is 15.6 Å². The molecule has 1 heterocycles. The number of amides is 2. The van der Waals surface area contributed by atoms with Gasteiger partial charge in [-0.05, 0) is 72.2 Å². The van der Waals surface area contributed by atoms with Gasteiger partial charge in [-0.15, -0.1) is 0 Å². The first-order valence-electron chi connectivity index (χ1n) is 10.7. The van der Waals surface area contributed by atoms with Crippen LogP contribution in [-0.2, 0) is 16.0 Å². The summed E-state index contributed by atoms with van der Waals surface area (Å²) in [5.74, 6) is -0.653. The maximum Gasteiger partial charge on any atom is 0.270 e. The molecule has 1 N–H and O–H groups in total. The van der Waals surface area contributed by atoms with Crippen LogP contribution < -0.4 is 15.0 Å². The van der Waals surface area contributed by atoms with Crippen LogP contribution in [0.25, 0.3) is 6.08 Å². The van der Waals surface area contributed by atoms with E-state index in [1.807, 2.05) is 24.3 Å². The van der Waals surface area contributed by atoms with Crippen LogP contribution in [0.4, 0.5) is 15.8 Å². The summed E-state index contributed by atoms with van der Waals surface area (Å²) in [4.78, 5) is 26.9. The standard InChI is InChI=1S/C26H20ClFN2O3S2/c1-2-16-3-8-19(9-4-16)29-24(31)15-33-22-12-5-17(13-21(22)27)14-23-25(32)30(26(34)35-23)20-10-6-18(28)7-11-20/h3-14H,2,15H2,1H3,(H,29,31)/b23-14-. The molecule has 178 valence electrons. The number of aryl methyl sites for hydroxylation is 1. The summed E-state index contributed by atoms with van der Waals surface area (Å²) in [6, 6.07) is 18.2. The van der Waals surface area contributed by atoms with E-state index in [4.69, 9.17) is 28.6 Å². The lowest BCUT2D eigenvalue weighted by molar-refractivity contribution is -0.118. The second-order valence-electron chi connectivity index (χ2n) is 7.57. The molecule has 1 aliphatic rings. The number of nitrogens with one attached hydrogen (secondary N) is 1. The molecular formula is C26H20ClFN2O3S2. The largest absolute Gasteiger partial charge is 0.482 e. The zero-order chi connectivity index (χ0) is 24.9. The second-order valence-corrected chi connectivity index (χ2v) is 9.65.